The molecule has 0 bridgehead atoms. The van der Waals surface area contributed by atoms with Crippen molar-refractivity contribution >= 4 is 17.5 Å². The molecule has 0 fully saturated rings. The van der Waals surface area contributed by atoms with Gasteiger partial charge in [-0.15, -0.1) is 0 Å². The summed E-state index contributed by atoms with van der Waals surface area (Å²) in [6, 6.07) is 12.9. The predicted octanol–water partition coefficient (Wildman–Crippen LogP) is 3.52. The van der Waals surface area contributed by atoms with E-state index in [4.69, 9.17) is 16.3 Å². The van der Waals surface area contributed by atoms with E-state index in [1.807, 2.05) is 18.2 Å². The van der Waals surface area contributed by atoms with E-state index in [2.05, 4.69) is 0 Å². The molecule has 0 atom stereocenters. The zero-order chi connectivity index (χ0) is 15.2. The third-order valence-corrected chi connectivity index (χ3v) is 3.34. The number of rotatable bonds is 5. The summed E-state index contributed by atoms with van der Waals surface area (Å²) in [4.78, 5) is 13.5. The molecule has 0 aliphatic rings. The van der Waals surface area contributed by atoms with Gasteiger partial charge in [-0.05, 0) is 35.9 Å². The molecule has 110 valence electrons. The second-order valence-electron chi connectivity index (χ2n) is 4.58. The summed E-state index contributed by atoms with van der Waals surface area (Å²) in [5, 5.41) is 0.622. The Morgan fingerprint density at radius 1 is 1.19 bits per heavy atom. The van der Waals surface area contributed by atoms with Crippen molar-refractivity contribution in [1.29, 1.82) is 0 Å². The van der Waals surface area contributed by atoms with E-state index in [0.717, 1.165) is 5.56 Å². The van der Waals surface area contributed by atoms with E-state index < -0.39 is 0 Å². The minimum Gasteiger partial charge on any atom is -0.484 e. The second kappa shape index (κ2) is 7.09. The molecule has 21 heavy (non-hydrogen) atoms. The number of amides is 1. The molecule has 2 aromatic rings. The Balaban J connectivity index is 1.88. The number of hydrogen-bond donors (Lipinski definition) is 0. The average Bonchev–Trinajstić information content (AvgIpc) is 2.48. The van der Waals surface area contributed by atoms with Gasteiger partial charge in [0.1, 0.15) is 11.6 Å². The lowest BCUT2D eigenvalue weighted by Crippen LogP contribution is -2.31. The van der Waals surface area contributed by atoms with Crippen molar-refractivity contribution in [2.75, 3.05) is 13.7 Å². The Hall–Kier alpha value is -2.07. The highest BCUT2D eigenvalue weighted by Crippen LogP contribution is 2.16. The lowest BCUT2D eigenvalue weighted by molar-refractivity contribution is -0.132. The van der Waals surface area contributed by atoms with Crippen LogP contribution < -0.4 is 4.74 Å². The van der Waals surface area contributed by atoms with E-state index in [9.17, 15) is 9.18 Å². The van der Waals surface area contributed by atoms with Gasteiger partial charge in [0.2, 0.25) is 0 Å². The monoisotopic (exact) mass is 307 g/mol. The minimum absolute atomic E-state index is 0.105. The number of benzene rings is 2. The molecule has 0 aliphatic heterocycles. The van der Waals surface area contributed by atoms with Crippen LogP contribution in [-0.4, -0.2) is 24.5 Å². The molecule has 2 aromatic carbocycles. The summed E-state index contributed by atoms with van der Waals surface area (Å²) < 4.78 is 18.1. The maximum absolute atomic E-state index is 12.8. The van der Waals surface area contributed by atoms with Gasteiger partial charge in [0.15, 0.2) is 6.61 Å². The standard InChI is InChI=1S/C16H15ClFNO2/c1-19(10-12-4-2-3-5-15(12)17)16(20)11-21-14-8-6-13(18)7-9-14/h2-9H,10-11H2,1H3. The smallest absolute Gasteiger partial charge is 0.260 e. The van der Waals surface area contributed by atoms with Gasteiger partial charge in [-0.25, -0.2) is 4.39 Å². The molecule has 0 saturated heterocycles. The fourth-order valence-corrected chi connectivity index (χ4v) is 1.95. The first-order chi connectivity index (χ1) is 10.1. The molecule has 0 spiro atoms. The van der Waals surface area contributed by atoms with Gasteiger partial charge in [-0.3, -0.25) is 4.79 Å². The van der Waals surface area contributed by atoms with Crippen LogP contribution >= 0.6 is 11.6 Å². The van der Waals surface area contributed by atoms with Crippen LogP contribution in [0.1, 0.15) is 5.56 Å². The first kappa shape index (κ1) is 15.3. The van der Waals surface area contributed by atoms with Crippen LogP contribution in [0.15, 0.2) is 48.5 Å². The summed E-state index contributed by atoms with van der Waals surface area (Å²) >= 11 is 6.06. The molecule has 0 radical (unpaired) electrons. The minimum atomic E-state index is -0.343. The number of halogens is 2. The van der Waals surface area contributed by atoms with Crippen molar-refractivity contribution in [3.8, 4) is 5.75 Å². The second-order valence-corrected chi connectivity index (χ2v) is 4.99. The Bertz CT molecular complexity index is 616. The summed E-state index contributed by atoms with van der Waals surface area (Å²) in [5.74, 6) is -0.0698. The molecule has 0 aromatic heterocycles. The average molecular weight is 308 g/mol. The van der Waals surface area contributed by atoms with Crippen LogP contribution in [-0.2, 0) is 11.3 Å². The molecule has 0 saturated carbocycles. The highest BCUT2D eigenvalue weighted by atomic mass is 35.5. The van der Waals surface area contributed by atoms with Gasteiger partial charge in [0.05, 0.1) is 0 Å². The lowest BCUT2D eigenvalue weighted by atomic mass is 10.2. The van der Waals surface area contributed by atoms with Gasteiger partial charge in [-0.1, -0.05) is 29.8 Å². The summed E-state index contributed by atoms with van der Waals surface area (Å²) in [6.45, 7) is 0.303. The first-order valence-corrected chi connectivity index (χ1v) is 6.80. The van der Waals surface area contributed by atoms with Crippen molar-refractivity contribution in [2.24, 2.45) is 0 Å². The van der Waals surface area contributed by atoms with Gasteiger partial charge in [-0.2, -0.15) is 0 Å². The molecule has 5 heteroatoms. The molecule has 1 amide bonds. The summed E-state index contributed by atoms with van der Waals surface area (Å²) in [6.07, 6.45) is 0. The number of nitrogens with zero attached hydrogens (tertiary/aromatic N) is 1. The van der Waals surface area contributed by atoms with Crippen molar-refractivity contribution in [1.82, 2.24) is 4.90 Å². The largest absolute Gasteiger partial charge is 0.484 e. The van der Waals surface area contributed by atoms with Crippen LogP contribution in [0.3, 0.4) is 0 Å². The molecule has 0 unspecified atom stereocenters. The Morgan fingerprint density at radius 3 is 2.52 bits per heavy atom. The van der Waals surface area contributed by atoms with E-state index in [1.165, 1.54) is 29.2 Å². The van der Waals surface area contributed by atoms with Gasteiger partial charge < -0.3 is 9.64 Å². The number of likely N-dealkylation sites (N-methyl/N-ethyl adjacent to an activating group) is 1. The number of carbonyl (C=O) groups is 1. The quantitative estimate of drug-likeness (QED) is 0.846. The van der Waals surface area contributed by atoms with Crippen molar-refractivity contribution in [3.05, 3.63) is 64.9 Å². The van der Waals surface area contributed by atoms with Crippen molar-refractivity contribution in [3.63, 3.8) is 0 Å². The molecule has 0 heterocycles. The normalized spacial score (nSPS) is 10.2. The topological polar surface area (TPSA) is 29.5 Å². The molecular weight excluding hydrogens is 293 g/mol. The highest BCUT2D eigenvalue weighted by Gasteiger charge is 2.11. The van der Waals surface area contributed by atoms with Crippen LogP contribution in [0.4, 0.5) is 4.39 Å². The molecule has 0 aliphatic carbocycles. The fraction of sp³-hybridized carbons (Fsp3) is 0.188. The zero-order valence-corrected chi connectivity index (χ0v) is 12.3. The first-order valence-electron chi connectivity index (χ1n) is 6.42. The number of carbonyl (C=O) groups excluding carboxylic acids is 1. The maximum Gasteiger partial charge on any atom is 0.260 e. The zero-order valence-electron chi connectivity index (χ0n) is 11.6. The molecule has 0 N–H and O–H groups in total. The van der Waals surface area contributed by atoms with Gasteiger partial charge in [0.25, 0.3) is 5.91 Å². The van der Waals surface area contributed by atoms with E-state index in [-0.39, 0.29) is 18.3 Å². The van der Waals surface area contributed by atoms with Crippen LogP contribution in [0.25, 0.3) is 0 Å². The van der Waals surface area contributed by atoms with Crippen LogP contribution in [0.2, 0.25) is 5.02 Å². The van der Waals surface area contributed by atoms with E-state index in [1.54, 1.807) is 13.1 Å². The third kappa shape index (κ3) is 4.46. The third-order valence-electron chi connectivity index (χ3n) is 2.97. The van der Waals surface area contributed by atoms with Crippen LogP contribution in [0, 0.1) is 5.82 Å². The Labute approximate surface area is 127 Å². The van der Waals surface area contributed by atoms with Gasteiger partial charge >= 0.3 is 0 Å². The highest BCUT2D eigenvalue weighted by molar-refractivity contribution is 6.31. The van der Waals surface area contributed by atoms with E-state index in [0.29, 0.717) is 17.3 Å². The predicted molar refractivity (Wildman–Crippen MR) is 79.8 cm³/mol. The Morgan fingerprint density at radius 2 is 1.86 bits per heavy atom. The van der Waals surface area contributed by atoms with E-state index >= 15 is 0 Å². The molecular formula is C16H15ClFNO2. The maximum atomic E-state index is 12.8. The number of hydrogen-bond acceptors (Lipinski definition) is 2. The SMILES string of the molecule is CN(Cc1ccccc1Cl)C(=O)COc1ccc(F)cc1. The number of ether oxygens (including phenoxy) is 1. The summed E-state index contributed by atoms with van der Waals surface area (Å²) in [7, 11) is 1.68. The van der Waals surface area contributed by atoms with Crippen molar-refractivity contribution in [2.45, 2.75) is 6.54 Å². The summed E-state index contributed by atoms with van der Waals surface area (Å²) in [5.41, 5.74) is 0.872. The van der Waals surface area contributed by atoms with Crippen LogP contribution in [0.5, 0.6) is 5.75 Å². The Kier molecular flexibility index (Phi) is 5.17. The molecule has 3 nitrogen and oxygen atoms in total. The lowest BCUT2D eigenvalue weighted by Gasteiger charge is -2.18. The fourth-order valence-electron chi connectivity index (χ4n) is 1.76. The molecule has 2 rings (SSSR count). The van der Waals surface area contributed by atoms with Crippen molar-refractivity contribution < 1.29 is 13.9 Å². The van der Waals surface area contributed by atoms with Gasteiger partial charge in [0, 0.05) is 18.6 Å².